The number of rotatable bonds is 4. The van der Waals surface area contributed by atoms with Crippen molar-refractivity contribution in [3.8, 4) is 0 Å². The number of pyridine rings is 1. The minimum absolute atomic E-state index is 0.412. The van der Waals surface area contributed by atoms with Gasteiger partial charge in [0.05, 0.1) is 5.56 Å². The Kier molecular flexibility index (Phi) is 4.94. The summed E-state index contributed by atoms with van der Waals surface area (Å²) in [5.74, 6) is 0.828. The van der Waals surface area contributed by atoms with E-state index in [1.165, 1.54) is 25.8 Å². The van der Waals surface area contributed by atoms with Crippen molar-refractivity contribution in [2.24, 2.45) is 5.73 Å². The van der Waals surface area contributed by atoms with Gasteiger partial charge in [0.2, 0.25) is 0 Å². The molecule has 1 atom stereocenters. The quantitative estimate of drug-likeness (QED) is 0.834. The molecule has 5 heteroatoms. The summed E-state index contributed by atoms with van der Waals surface area (Å²) in [5, 5.41) is 3.46. The van der Waals surface area contributed by atoms with Crippen LogP contribution in [0.1, 0.15) is 36.1 Å². The molecule has 2 rings (SSSR count). The van der Waals surface area contributed by atoms with Crippen LogP contribution in [0.25, 0.3) is 0 Å². The molecule has 0 aromatic carbocycles. The summed E-state index contributed by atoms with van der Waals surface area (Å²) in [6.07, 6.45) is 3.84. The average molecular weight is 292 g/mol. The number of aryl methyl sites for hydroxylation is 2. The van der Waals surface area contributed by atoms with Gasteiger partial charge >= 0.3 is 0 Å². The molecule has 4 nitrogen and oxygen atoms in total. The van der Waals surface area contributed by atoms with Crippen LogP contribution in [0.4, 0.5) is 5.82 Å². The molecule has 0 radical (unpaired) electrons. The Balaban J connectivity index is 2.14. The molecule has 1 aliphatic rings. The van der Waals surface area contributed by atoms with E-state index >= 15 is 0 Å². The molecule has 110 valence electrons. The first-order valence-electron chi connectivity index (χ1n) is 7.21. The maximum Gasteiger partial charge on any atom is 0.136 e. The molecule has 0 amide bonds. The number of anilines is 1. The van der Waals surface area contributed by atoms with Gasteiger partial charge in [-0.3, -0.25) is 0 Å². The number of likely N-dealkylation sites (N-methyl/N-ethyl adjacent to an activating group) is 1. The third kappa shape index (κ3) is 3.46. The number of likely N-dealkylation sites (tertiary alicyclic amines) is 1. The Labute approximate surface area is 126 Å². The van der Waals surface area contributed by atoms with Crippen LogP contribution in [0.5, 0.6) is 0 Å². The van der Waals surface area contributed by atoms with Crippen molar-refractivity contribution in [2.45, 2.75) is 39.2 Å². The minimum atomic E-state index is 0.412. The number of hydrogen-bond donors (Lipinski definition) is 2. The van der Waals surface area contributed by atoms with E-state index in [9.17, 15) is 0 Å². The first-order chi connectivity index (χ1) is 9.49. The Morgan fingerprint density at radius 2 is 2.25 bits per heavy atom. The lowest BCUT2D eigenvalue weighted by Gasteiger charge is -2.32. The van der Waals surface area contributed by atoms with Gasteiger partial charge in [0.25, 0.3) is 0 Å². The van der Waals surface area contributed by atoms with Crippen LogP contribution >= 0.6 is 12.2 Å². The fourth-order valence-electron chi connectivity index (χ4n) is 2.89. The van der Waals surface area contributed by atoms with Crippen LogP contribution in [0.3, 0.4) is 0 Å². The Morgan fingerprint density at radius 3 is 2.90 bits per heavy atom. The molecule has 0 bridgehead atoms. The molecule has 3 N–H and O–H groups in total. The number of thiocarbonyl (C=S) groups is 1. The number of aromatic nitrogens is 1. The molecule has 1 aromatic heterocycles. The SMILES string of the molecule is Cc1cc(C)c(C(N)=S)c(NCC2CCCCN2C)n1. The van der Waals surface area contributed by atoms with Crippen molar-refractivity contribution in [1.29, 1.82) is 0 Å². The van der Waals surface area contributed by atoms with E-state index in [1.54, 1.807) is 0 Å². The first kappa shape index (κ1) is 15.2. The summed E-state index contributed by atoms with van der Waals surface area (Å²) in [6, 6.07) is 2.58. The highest BCUT2D eigenvalue weighted by Crippen LogP contribution is 2.20. The second kappa shape index (κ2) is 6.50. The summed E-state index contributed by atoms with van der Waals surface area (Å²) in [6.45, 7) is 6.09. The normalized spacial score (nSPS) is 19.9. The summed E-state index contributed by atoms with van der Waals surface area (Å²) >= 11 is 5.16. The van der Waals surface area contributed by atoms with Gasteiger partial charge in [-0.2, -0.15) is 0 Å². The molecule has 1 fully saturated rings. The van der Waals surface area contributed by atoms with E-state index in [4.69, 9.17) is 18.0 Å². The van der Waals surface area contributed by atoms with Gasteiger partial charge in [-0.25, -0.2) is 4.98 Å². The third-order valence-corrected chi connectivity index (χ3v) is 4.22. The van der Waals surface area contributed by atoms with Gasteiger partial charge in [-0.15, -0.1) is 0 Å². The van der Waals surface area contributed by atoms with Crippen molar-refractivity contribution in [1.82, 2.24) is 9.88 Å². The average Bonchev–Trinajstić information content (AvgIpc) is 2.36. The van der Waals surface area contributed by atoms with Crippen LogP contribution in [0, 0.1) is 13.8 Å². The van der Waals surface area contributed by atoms with E-state index < -0.39 is 0 Å². The molecule has 1 saturated heterocycles. The Morgan fingerprint density at radius 1 is 1.50 bits per heavy atom. The highest BCUT2D eigenvalue weighted by atomic mass is 32.1. The van der Waals surface area contributed by atoms with E-state index in [1.807, 2.05) is 19.9 Å². The zero-order valence-corrected chi connectivity index (χ0v) is 13.4. The molecule has 1 unspecified atom stereocenters. The number of nitrogens with one attached hydrogen (secondary N) is 1. The van der Waals surface area contributed by atoms with Gasteiger partial charge in [0.1, 0.15) is 10.8 Å². The van der Waals surface area contributed by atoms with Crippen LogP contribution in [0.2, 0.25) is 0 Å². The third-order valence-electron chi connectivity index (χ3n) is 4.02. The Bertz CT molecular complexity index is 501. The van der Waals surface area contributed by atoms with Gasteiger partial charge in [-0.1, -0.05) is 18.6 Å². The molecular weight excluding hydrogens is 268 g/mol. The first-order valence-corrected chi connectivity index (χ1v) is 7.62. The second-order valence-electron chi connectivity index (χ2n) is 5.68. The maximum atomic E-state index is 5.84. The summed E-state index contributed by atoms with van der Waals surface area (Å²) in [7, 11) is 2.19. The molecule has 0 saturated carbocycles. The maximum absolute atomic E-state index is 5.84. The van der Waals surface area contributed by atoms with Crippen molar-refractivity contribution < 1.29 is 0 Å². The largest absolute Gasteiger partial charge is 0.389 e. The standard InChI is InChI=1S/C15H24N4S/c1-10-8-11(2)18-15(13(10)14(16)20)17-9-12-6-4-5-7-19(12)3/h8,12H,4-7,9H2,1-3H3,(H2,16,20)(H,17,18). The molecule has 0 aliphatic carbocycles. The molecule has 2 heterocycles. The number of nitrogens with zero attached hydrogens (tertiary/aromatic N) is 2. The highest BCUT2D eigenvalue weighted by Gasteiger charge is 2.19. The van der Waals surface area contributed by atoms with Crippen molar-refractivity contribution in [3.63, 3.8) is 0 Å². The smallest absolute Gasteiger partial charge is 0.136 e. The van der Waals surface area contributed by atoms with Crippen LogP contribution < -0.4 is 11.1 Å². The fourth-order valence-corrected chi connectivity index (χ4v) is 3.15. The zero-order valence-electron chi connectivity index (χ0n) is 12.6. The van der Waals surface area contributed by atoms with Crippen LogP contribution in [0.15, 0.2) is 6.07 Å². The fraction of sp³-hybridized carbons (Fsp3) is 0.600. The number of hydrogen-bond acceptors (Lipinski definition) is 4. The van der Waals surface area contributed by atoms with E-state index in [2.05, 4.69) is 22.2 Å². The highest BCUT2D eigenvalue weighted by molar-refractivity contribution is 7.80. The monoisotopic (exact) mass is 292 g/mol. The van der Waals surface area contributed by atoms with E-state index in [-0.39, 0.29) is 0 Å². The van der Waals surface area contributed by atoms with Crippen molar-refractivity contribution in [2.75, 3.05) is 25.5 Å². The zero-order chi connectivity index (χ0) is 14.7. The van der Waals surface area contributed by atoms with Gasteiger partial charge in [-0.05, 0) is 51.9 Å². The second-order valence-corrected chi connectivity index (χ2v) is 6.12. The summed E-state index contributed by atoms with van der Waals surface area (Å²) < 4.78 is 0. The van der Waals surface area contributed by atoms with Gasteiger partial charge in [0.15, 0.2) is 0 Å². The van der Waals surface area contributed by atoms with E-state index in [0.717, 1.165) is 29.2 Å². The predicted molar refractivity (Wildman–Crippen MR) is 88.4 cm³/mol. The lowest BCUT2D eigenvalue weighted by molar-refractivity contribution is 0.194. The molecule has 20 heavy (non-hydrogen) atoms. The van der Waals surface area contributed by atoms with Crippen molar-refractivity contribution in [3.05, 3.63) is 22.9 Å². The van der Waals surface area contributed by atoms with Gasteiger partial charge in [0, 0.05) is 18.3 Å². The van der Waals surface area contributed by atoms with Gasteiger partial charge < -0.3 is 16.0 Å². The van der Waals surface area contributed by atoms with Crippen LogP contribution in [-0.4, -0.2) is 41.1 Å². The lowest BCUT2D eigenvalue weighted by atomic mass is 10.0. The molecular formula is C15H24N4S. The Hall–Kier alpha value is -1.20. The van der Waals surface area contributed by atoms with Crippen molar-refractivity contribution >= 4 is 23.0 Å². The van der Waals surface area contributed by atoms with Crippen LogP contribution in [-0.2, 0) is 0 Å². The lowest BCUT2D eigenvalue weighted by Crippen LogP contribution is -2.41. The molecule has 1 aliphatic heterocycles. The number of nitrogens with two attached hydrogens (primary N) is 1. The summed E-state index contributed by atoms with van der Waals surface area (Å²) in [5.41, 5.74) is 8.80. The topological polar surface area (TPSA) is 54.2 Å². The summed E-state index contributed by atoms with van der Waals surface area (Å²) in [4.78, 5) is 7.40. The number of piperidine rings is 1. The predicted octanol–water partition coefficient (Wildman–Crippen LogP) is 2.23. The molecule has 1 aromatic rings. The molecule has 0 spiro atoms. The van der Waals surface area contributed by atoms with E-state index in [0.29, 0.717) is 11.0 Å². The minimum Gasteiger partial charge on any atom is -0.389 e.